The van der Waals surface area contributed by atoms with E-state index in [0.717, 1.165) is 0 Å². The van der Waals surface area contributed by atoms with E-state index in [4.69, 9.17) is 0 Å². The summed E-state index contributed by atoms with van der Waals surface area (Å²) < 4.78 is 0. The minimum absolute atomic E-state index is 0.288. The summed E-state index contributed by atoms with van der Waals surface area (Å²) in [6.45, 7) is 0. The van der Waals surface area contributed by atoms with Crippen LogP contribution in [0.25, 0.3) is 22.8 Å². The lowest BCUT2D eigenvalue weighted by Gasteiger charge is -2.16. The van der Waals surface area contributed by atoms with Crippen LogP contribution < -0.4 is 0 Å². The molecular formula is C17H9N3O2. The Balaban J connectivity index is 1.98. The second kappa shape index (κ2) is 4.66. The van der Waals surface area contributed by atoms with E-state index in [0.29, 0.717) is 28.3 Å². The van der Waals surface area contributed by atoms with Gasteiger partial charge in [-0.3, -0.25) is 19.6 Å². The van der Waals surface area contributed by atoms with Gasteiger partial charge in [0.15, 0.2) is 0 Å². The van der Waals surface area contributed by atoms with Gasteiger partial charge >= 0.3 is 0 Å². The Kier molecular flexibility index (Phi) is 2.66. The summed E-state index contributed by atoms with van der Waals surface area (Å²) in [5.74, 6) is -1.08. The summed E-state index contributed by atoms with van der Waals surface area (Å²) in [4.78, 5) is 37.3. The molecule has 0 bridgehead atoms. The average molecular weight is 287 g/mol. The summed E-state index contributed by atoms with van der Waals surface area (Å²) in [6, 6.07) is 12.1. The molecule has 3 aromatic heterocycles. The summed E-state index contributed by atoms with van der Waals surface area (Å²) in [5.41, 5.74) is 2.80. The lowest BCUT2D eigenvalue weighted by atomic mass is 9.90. The second-order valence-corrected chi connectivity index (χ2v) is 4.87. The van der Waals surface area contributed by atoms with Gasteiger partial charge in [-0.1, -0.05) is 6.07 Å². The van der Waals surface area contributed by atoms with Gasteiger partial charge in [0.2, 0.25) is 11.6 Å². The highest BCUT2D eigenvalue weighted by Gasteiger charge is 2.32. The molecule has 0 spiro atoms. The maximum Gasteiger partial charge on any atom is 0.235 e. The van der Waals surface area contributed by atoms with Gasteiger partial charge < -0.3 is 0 Å². The van der Waals surface area contributed by atoms with Crippen molar-refractivity contribution in [1.82, 2.24) is 15.0 Å². The van der Waals surface area contributed by atoms with Crippen molar-refractivity contribution < 1.29 is 9.59 Å². The van der Waals surface area contributed by atoms with Gasteiger partial charge in [-0.15, -0.1) is 0 Å². The smallest absolute Gasteiger partial charge is 0.235 e. The van der Waals surface area contributed by atoms with Crippen molar-refractivity contribution in [2.24, 2.45) is 0 Å². The van der Waals surface area contributed by atoms with Crippen LogP contribution in [0.3, 0.4) is 0 Å². The summed E-state index contributed by atoms with van der Waals surface area (Å²) in [7, 11) is 0. The molecule has 0 atom stereocenters. The van der Waals surface area contributed by atoms with Crippen molar-refractivity contribution >= 4 is 11.6 Å². The molecule has 0 saturated heterocycles. The average Bonchev–Trinajstić information content (AvgIpc) is 2.60. The Morgan fingerprint density at radius 2 is 1.41 bits per heavy atom. The monoisotopic (exact) mass is 287 g/mol. The van der Waals surface area contributed by atoms with Crippen LogP contribution in [-0.2, 0) is 0 Å². The lowest BCUT2D eigenvalue weighted by molar-refractivity contribution is 0.0814. The zero-order valence-electron chi connectivity index (χ0n) is 11.4. The number of fused-ring (bicyclic) bond motifs is 3. The normalized spacial score (nSPS) is 12.7. The molecule has 0 aliphatic heterocycles. The molecule has 0 radical (unpaired) electrons. The first-order valence-corrected chi connectivity index (χ1v) is 6.72. The van der Waals surface area contributed by atoms with E-state index in [9.17, 15) is 9.59 Å². The van der Waals surface area contributed by atoms with E-state index in [1.807, 2.05) is 18.2 Å². The lowest BCUT2D eigenvalue weighted by Crippen LogP contribution is -2.22. The predicted octanol–water partition coefficient (Wildman–Crippen LogP) is 2.58. The number of ketones is 2. The predicted molar refractivity (Wildman–Crippen MR) is 79.4 cm³/mol. The van der Waals surface area contributed by atoms with E-state index >= 15 is 0 Å². The Labute approximate surface area is 125 Å². The van der Waals surface area contributed by atoms with Gasteiger partial charge in [-0.25, -0.2) is 4.98 Å². The number of hydrogen-bond donors (Lipinski definition) is 0. The molecule has 0 unspecified atom stereocenters. The molecule has 3 aromatic rings. The van der Waals surface area contributed by atoms with Gasteiger partial charge in [-0.2, -0.15) is 0 Å². The maximum atomic E-state index is 12.2. The summed E-state index contributed by atoms with van der Waals surface area (Å²) in [5, 5.41) is 0. The molecule has 0 N–H and O–H groups in total. The molecule has 0 amide bonds. The fourth-order valence-corrected chi connectivity index (χ4v) is 2.50. The van der Waals surface area contributed by atoms with Gasteiger partial charge in [0.05, 0.1) is 22.5 Å². The molecule has 3 heterocycles. The van der Waals surface area contributed by atoms with Gasteiger partial charge in [0.1, 0.15) is 11.4 Å². The fourth-order valence-electron chi connectivity index (χ4n) is 2.50. The fraction of sp³-hybridized carbons (Fsp3) is 0. The second-order valence-electron chi connectivity index (χ2n) is 4.87. The zero-order chi connectivity index (χ0) is 15.1. The molecule has 1 aliphatic carbocycles. The number of hydrogen-bond acceptors (Lipinski definition) is 5. The van der Waals surface area contributed by atoms with Gasteiger partial charge in [-0.05, 0) is 36.4 Å². The topological polar surface area (TPSA) is 72.8 Å². The van der Waals surface area contributed by atoms with E-state index in [2.05, 4.69) is 15.0 Å². The molecule has 5 heteroatoms. The van der Waals surface area contributed by atoms with Crippen molar-refractivity contribution in [3.8, 4) is 22.8 Å². The van der Waals surface area contributed by atoms with Crippen LogP contribution in [0.15, 0.2) is 54.9 Å². The number of aromatic nitrogens is 3. The quantitative estimate of drug-likeness (QED) is 0.643. The van der Waals surface area contributed by atoms with E-state index in [1.54, 1.807) is 36.7 Å². The number of pyridine rings is 3. The first-order valence-electron chi connectivity index (χ1n) is 6.72. The number of rotatable bonds is 1. The molecule has 0 saturated carbocycles. The van der Waals surface area contributed by atoms with Crippen molar-refractivity contribution in [2.75, 3.05) is 0 Å². The number of nitrogens with zero attached hydrogens (tertiary/aromatic N) is 3. The zero-order valence-corrected chi connectivity index (χ0v) is 11.4. The Bertz CT molecular complexity index is 920. The van der Waals surface area contributed by atoms with Gasteiger partial charge in [0.25, 0.3) is 0 Å². The van der Waals surface area contributed by atoms with E-state index < -0.39 is 11.6 Å². The minimum Gasteiger partial charge on any atom is -0.285 e. The maximum absolute atomic E-state index is 12.2. The third-order valence-corrected chi connectivity index (χ3v) is 3.55. The van der Waals surface area contributed by atoms with Crippen LogP contribution in [0.5, 0.6) is 0 Å². The third kappa shape index (κ3) is 1.76. The molecule has 0 aromatic carbocycles. The summed E-state index contributed by atoms with van der Waals surface area (Å²) in [6.07, 6.45) is 3.26. The molecule has 0 fully saturated rings. The Morgan fingerprint density at radius 1 is 0.636 bits per heavy atom. The number of Topliss-reactive ketones (excluding diaryl/α,β-unsaturated/α-hetero) is 2. The van der Waals surface area contributed by atoms with Crippen molar-refractivity contribution in [3.05, 3.63) is 66.0 Å². The highest BCUT2D eigenvalue weighted by Crippen LogP contribution is 2.31. The van der Waals surface area contributed by atoms with E-state index in [-0.39, 0.29) is 5.56 Å². The van der Waals surface area contributed by atoms with Crippen molar-refractivity contribution in [1.29, 1.82) is 0 Å². The van der Waals surface area contributed by atoms with Crippen LogP contribution in [0.1, 0.15) is 20.7 Å². The van der Waals surface area contributed by atoms with Crippen molar-refractivity contribution in [3.63, 3.8) is 0 Å². The Morgan fingerprint density at radius 3 is 2.18 bits per heavy atom. The third-order valence-electron chi connectivity index (χ3n) is 3.55. The van der Waals surface area contributed by atoms with Crippen molar-refractivity contribution in [2.45, 2.75) is 0 Å². The molecule has 1 aliphatic rings. The van der Waals surface area contributed by atoms with Crippen LogP contribution in [0.2, 0.25) is 0 Å². The number of carbonyl (C=O) groups excluding carboxylic acids is 2. The minimum atomic E-state index is -0.546. The van der Waals surface area contributed by atoms with Crippen LogP contribution in [0.4, 0.5) is 0 Å². The molecule has 22 heavy (non-hydrogen) atoms. The standard InChI is InChI=1S/C17H9N3O2/c21-16-10-4-3-9-19-14(10)15-11(17(16)22)6-7-13(20-15)12-5-1-2-8-18-12/h1-9H. The van der Waals surface area contributed by atoms with Crippen LogP contribution in [0, 0.1) is 0 Å². The Hall–Kier alpha value is -3.21. The van der Waals surface area contributed by atoms with Crippen LogP contribution in [-0.4, -0.2) is 26.5 Å². The van der Waals surface area contributed by atoms with Gasteiger partial charge in [0, 0.05) is 12.4 Å². The van der Waals surface area contributed by atoms with E-state index in [1.165, 1.54) is 0 Å². The molecular weight excluding hydrogens is 278 g/mol. The first kappa shape index (κ1) is 12.5. The highest BCUT2D eigenvalue weighted by molar-refractivity contribution is 6.52. The van der Waals surface area contributed by atoms with Crippen LogP contribution >= 0.6 is 0 Å². The summed E-state index contributed by atoms with van der Waals surface area (Å²) >= 11 is 0. The molecule has 4 rings (SSSR count). The largest absolute Gasteiger partial charge is 0.285 e. The SMILES string of the molecule is O=C1C(=O)c2ccc(-c3ccccn3)nc2-c2ncccc21. The highest BCUT2D eigenvalue weighted by atomic mass is 16.2. The molecule has 104 valence electrons. The number of carbonyl (C=O) groups is 2. The first-order chi connectivity index (χ1) is 10.8. The molecule has 5 nitrogen and oxygen atoms in total.